The minimum atomic E-state index is -3.09. The lowest BCUT2D eigenvalue weighted by atomic mass is 10.2. The second kappa shape index (κ2) is 5.47. The second-order valence-electron chi connectivity index (χ2n) is 3.42. The van der Waals surface area contributed by atoms with Crippen LogP contribution in [0.4, 0.5) is 24.5 Å². The molecular formula is C11H13F3N2O. The molecule has 0 aliphatic rings. The van der Waals surface area contributed by atoms with Crippen molar-refractivity contribution in [3.63, 3.8) is 0 Å². The number of anilines is 2. The minimum Gasteiger partial charge on any atom is -0.432 e. The van der Waals surface area contributed by atoms with Crippen molar-refractivity contribution >= 4 is 11.4 Å². The highest BCUT2D eigenvalue weighted by Gasteiger charge is 2.13. The molecule has 17 heavy (non-hydrogen) atoms. The topological polar surface area (TPSA) is 47.3 Å². The molecule has 0 aliphatic heterocycles. The van der Waals surface area contributed by atoms with Gasteiger partial charge in [-0.3, -0.25) is 0 Å². The zero-order chi connectivity index (χ0) is 13.0. The highest BCUT2D eigenvalue weighted by Crippen LogP contribution is 2.29. The van der Waals surface area contributed by atoms with Crippen molar-refractivity contribution in [1.82, 2.24) is 0 Å². The van der Waals surface area contributed by atoms with Gasteiger partial charge in [-0.15, -0.1) is 6.58 Å². The Morgan fingerprint density at radius 1 is 1.47 bits per heavy atom. The van der Waals surface area contributed by atoms with Crippen LogP contribution < -0.4 is 15.8 Å². The molecule has 0 fully saturated rings. The van der Waals surface area contributed by atoms with Gasteiger partial charge in [-0.05, 0) is 6.92 Å². The van der Waals surface area contributed by atoms with E-state index in [4.69, 9.17) is 5.73 Å². The first-order chi connectivity index (χ1) is 7.93. The number of rotatable bonds is 5. The van der Waals surface area contributed by atoms with Crippen molar-refractivity contribution in [2.75, 3.05) is 11.1 Å². The molecule has 1 rings (SSSR count). The van der Waals surface area contributed by atoms with Crippen LogP contribution in [0.1, 0.15) is 6.92 Å². The maximum absolute atomic E-state index is 13.2. The van der Waals surface area contributed by atoms with E-state index in [2.05, 4.69) is 16.6 Å². The number of nitrogens with two attached hydrogens (primary N) is 1. The summed E-state index contributed by atoms with van der Waals surface area (Å²) in [7, 11) is 0. The van der Waals surface area contributed by atoms with Crippen LogP contribution in [0.15, 0.2) is 24.8 Å². The highest BCUT2D eigenvalue weighted by atomic mass is 19.3. The second-order valence-corrected chi connectivity index (χ2v) is 3.42. The molecule has 3 N–H and O–H groups in total. The first-order valence-corrected chi connectivity index (χ1v) is 4.87. The van der Waals surface area contributed by atoms with Crippen molar-refractivity contribution in [3.8, 4) is 5.75 Å². The van der Waals surface area contributed by atoms with E-state index in [1.807, 2.05) is 0 Å². The Balaban J connectivity index is 3.01. The molecule has 0 radical (unpaired) electrons. The van der Waals surface area contributed by atoms with E-state index in [1.165, 1.54) is 0 Å². The van der Waals surface area contributed by atoms with Crippen LogP contribution in [0.25, 0.3) is 0 Å². The minimum absolute atomic E-state index is 0.109. The van der Waals surface area contributed by atoms with Gasteiger partial charge < -0.3 is 15.8 Å². The van der Waals surface area contributed by atoms with E-state index in [-0.39, 0.29) is 11.7 Å². The lowest BCUT2D eigenvalue weighted by Crippen LogP contribution is -2.13. The van der Waals surface area contributed by atoms with Gasteiger partial charge in [0, 0.05) is 18.2 Å². The Labute approximate surface area is 97.1 Å². The number of benzene rings is 1. The van der Waals surface area contributed by atoms with E-state index < -0.39 is 18.2 Å². The third-order valence-corrected chi connectivity index (χ3v) is 2.06. The van der Waals surface area contributed by atoms with Crippen LogP contribution >= 0.6 is 0 Å². The fourth-order valence-corrected chi connectivity index (χ4v) is 1.18. The van der Waals surface area contributed by atoms with Crippen LogP contribution in [0.3, 0.4) is 0 Å². The van der Waals surface area contributed by atoms with E-state index in [0.29, 0.717) is 5.69 Å². The number of alkyl halides is 2. The number of hydrogen-bond donors (Lipinski definition) is 2. The van der Waals surface area contributed by atoms with Crippen LogP contribution in [0.2, 0.25) is 0 Å². The molecule has 0 aromatic heterocycles. The zero-order valence-electron chi connectivity index (χ0n) is 9.21. The average molecular weight is 246 g/mol. The standard InChI is InChI=1S/C11H13F3N2O/c1-3-6(2)16-9-5-10(17-11(13)14)7(12)4-8(9)15/h3-6,11,16H,1,15H2,2H3. The van der Waals surface area contributed by atoms with Gasteiger partial charge in [0.2, 0.25) is 0 Å². The number of nitrogens with one attached hydrogen (secondary N) is 1. The Hall–Kier alpha value is -1.85. The zero-order valence-corrected chi connectivity index (χ0v) is 9.21. The fraction of sp³-hybridized carbons (Fsp3) is 0.273. The van der Waals surface area contributed by atoms with Crippen molar-refractivity contribution in [3.05, 3.63) is 30.6 Å². The van der Waals surface area contributed by atoms with Gasteiger partial charge in [0.1, 0.15) is 0 Å². The van der Waals surface area contributed by atoms with E-state index in [1.54, 1.807) is 13.0 Å². The van der Waals surface area contributed by atoms with Gasteiger partial charge in [0.05, 0.1) is 11.4 Å². The average Bonchev–Trinajstić information content (AvgIpc) is 2.24. The van der Waals surface area contributed by atoms with Crippen molar-refractivity contribution in [2.45, 2.75) is 19.6 Å². The summed E-state index contributed by atoms with van der Waals surface area (Å²) in [5.41, 5.74) is 5.97. The molecule has 0 amide bonds. The van der Waals surface area contributed by atoms with Gasteiger partial charge in [-0.2, -0.15) is 8.78 Å². The van der Waals surface area contributed by atoms with Gasteiger partial charge in [-0.25, -0.2) is 4.39 Å². The Morgan fingerprint density at radius 3 is 2.65 bits per heavy atom. The molecule has 6 heteroatoms. The first kappa shape index (κ1) is 13.2. The molecule has 0 saturated heterocycles. The molecule has 0 spiro atoms. The normalized spacial score (nSPS) is 12.3. The molecule has 0 saturated carbocycles. The third-order valence-electron chi connectivity index (χ3n) is 2.06. The number of hydrogen-bond acceptors (Lipinski definition) is 3. The predicted molar refractivity (Wildman–Crippen MR) is 60.7 cm³/mol. The maximum atomic E-state index is 13.2. The molecule has 1 atom stereocenters. The van der Waals surface area contributed by atoms with E-state index in [0.717, 1.165) is 12.1 Å². The third kappa shape index (κ3) is 3.58. The first-order valence-electron chi connectivity index (χ1n) is 4.87. The van der Waals surface area contributed by atoms with Crippen molar-refractivity contribution < 1.29 is 17.9 Å². The molecule has 1 aromatic carbocycles. The van der Waals surface area contributed by atoms with Crippen LogP contribution in [0.5, 0.6) is 5.75 Å². The summed E-state index contributed by atoms with van der Waals surface area (Å²) >= 11 is 0. The molecular weight excluding hydrogens is 233 g/mol. The largest absolute Gasteiger partial charge is 0.432 e. The van der Waals surface area contributed by atoms with E-state index >= 15 is 0 Å². The summed E-state index contributed by atoms with van der Waals surface area (Å²) in [5, 5.41) is 2.87. The van der Waals surface area contributed by atoms with Crippen LogP contribution in [0, 0.1) is 5.82 Å². The SMILES string of the molecule is C=CC(C)Nc1cc(OC(F)F)c(F)cc1N. The Kier molecular flexibility index (Phi) is 4.25. The molecule has 0 aliphatic carbocycles. The van der Waals surface area contributed by atoms with Gasteiger partial charge in [0.25, 0.3) is 0 Å². The molecule has 0 heterocycles. The smallest absolute Gasteiger partial charge is 0.387 e. The van der Waals surface area contributed by atoms with Crippen molar-refractivity contribution in [1.29, 1.82) is 0 Å². The summed E-state index contributed by atoms with van der Waals surface area (Å²) in [5.74, 6) is -1.48. The fourth-order valence-electron chi connectivity index (χ4n) is 1.18. The summed E-state index contributed by atoms with van der Waals surface area (Å²) in [6.07, 6.45) is 1.59. The summed E-state index contributed by atoms with van der Waals surface area (Å²) in [6, 6.07) is 1.88. The number of halogens is 3. The van der Waals surface area contributed by atoms with Gasteiger partial charge in [0.15, 0.2) is 11.6 Å². The number of nitrogen functional groups attached to an aromatic ring is 1. The molecule has 0 bridgehead atoms. The van der Waals surface area contributed by atoms with Crippen LogP contribution in [-0.2, 0) is 0 Å². The van der Waals surface area contributed by atoms with Crippen molar-refractivity contribution in [2.24, 2.45) is 0 Å². The highest BCUT2D eigenvalue weighted by molar-refractivity contribution is 5.69. The molecule has 3 nitrogen and oxygen atoms in total. The monoisotopic (exact) mass is 246 g/mol. The Morgan fingerprint density at radius 2 is 2.12 bits per heavy atom. The molecule has 94 valence electrons. The number of ether oxygens (including phenoxy) is 1. The summed E-state index contributed by atoms with van der Waals surface area (Å²) in [6.45, 7) is 2.24. The van der Waals surface area contributed by atoms with Gasteiger partial charge in [-0.1, -0.05) is 6.08 Å². The molecule has 1 aromatic rings. The Bertz CT molecular complexity index is 410. The van der Waals surface area contributed by atoms with E-state index in [9.17, 15) is 13.2 Å². The summed E-state index contributed by atoms with van der Waals surface area (Å²) < 4.78 is 41.3. The lowest BCUT2D eigenvalue weighted by Gasteiger charge is -2.15. The molecule has 1 unspecified atom stereocenters. The summed E-state index contributed by atoms with van der Waals surface area (Å²) in [4.78, 5) is 0. The van der Waals surface area contributed by atoms with Gasteiger partial charge >= 0.3 is 6.61 Å². The lowest BCUT2D eigenvalue weighted by molar-refractivity contribution is -0.0521. The quantitative estimate of drug-likeness (QED) is 0.620. The predicted octanol–water partition coefficient (Wildman–Crippen LogP) is 3.00. The van der Waals surface area contributed by atoms with Crippen LogP contribution in [-0.4, -0.2) is 12.7 Å². The maximum Gasteiger partial charge on any atom is 0.387 e.